The second-order valence-corrected chi connectivity index (χ2v) is 7.18. The van der Waals surface area contributed by atoms with Gasteiger partial charge in [0.15, 0.2) is 0 Å². The molecule has 2 rings (SSSR count). The Morgan fingerprint density at radius 1 is 1.27 bits per heavy atom. The first kappa shape index (κ1) is 19.9. The second-order valence-electron chi connectivity index (χ2n) is 5.34. The summed E-state index contributed by atoms with van der Waals surface area (Å²) < 4.78 is 6.37. The van der Waals surface area contributed by atoms with Crippen LogP contribution in [-0.2, 0) is 16.1 Å². The predicted molar refractivity (Wildman–Crippen MR) is 100 cm³/mol. The monoisotopic (exact) mass is 397 g/mol. The SMILES string of the molecule is CCOC(=O)c1c(NC(=O)Cn2c(C)csc2=O)sc(C(=O)NC)c1C. The summed E-state index contributed by atoms with van der Waals surface area (Å²) in [4.78, 5) is 48.5. The number of thiophene rings is 1. The van der Waals surface area contributed by atoms with Gasteiger partial charge in [0.1, 0.15) is 11.5 Å². The Hall–Kier alpha value is -2.46. The number of rotatable bonds is 6. The van der Waals surface area contributed by atoms with Gasteiger partial charge in [-0.25, -0.2) is 4.79 Å². The number of hydrogen-bond donors (Lipinski definition) is 2. The molecule has 2 amide bonds. The fourth-order valence-corrected chi connectivity index (χ4v) is 4.18. The summed E-state index contributed by atoms with van der Waals surface area (Å²) in [7, 11) is 1.48. The Bertz CT molecular complexity index is 910. The van der Waals surface area contributed by atoms with Crippen molar-refractivity contribution >= 4 is 45.5 Å². The topological polar surface area (TPSA) is 106 Å². The number of esters is 1. The van der Waals surface area contributed by atoms with Crippen LogP contribution in [0.1, 0.15) is 38.2 Å². The maximum atomic E-state index is 12.4. The highest BCUT2D eigenvalue weighted by atomic mass is 32.1. The molecule has 8 nitrogen and oxygen atoms in total. The molecule has 0 aliphatic heterocycles. The van der Waals surface area contributed by atoms with E-state index in [4.69, 9.17) is 4.74 Å². The fourth-order valence-electron chi connectivity index (χ4n) is 2.29. The highest BCUT2D eigenvalue weighted by molar-refractivity contribution is 7.18. The third-order valence-electron chi connectivity index (χ3n) is 3.59. The molecule has 0 saturated carbocycles. The zero-order valence-corrected chi connectivity index (χ0v) is 16.4. The van der Waals surface area contributed by atoms with Gasteiger partial charge in [0.25, 0.3) is 5.91 Å². The molecular formula is C16H19N3O5S2. The summed E-state index contributed by atoms with van der Waals surface area (Å²) in [6, 6.07) is 0. The van der Waals surface area contributed by atoms with Crippen LogP contribution in [-0.4, -0.2) is 36.0 Å². The molecule has 0 unspecified atom stereocenters. The number of thiazole rings is 1. The normalized spacial score (nSPS) is 10.5. The minimum atomic E-state index is -0.615. The van der Waals surface area contributed by atoms with Gasteiger partial charge in [-0.05, 0) is 26.3 Å². The summed E-state index contributed by atoms with van der Waals surface area (Å²) in [5, 5.41) is 7.02. The second kappa shape index (κ2) is 8.28. The van der Waals surface area contributed by atoms with Crippen molar-refractivity contribution in [1.29, 1.82) is 0 Å². The zero-order chi connectivity index (χ0) is 19.4. The molecule has 0 saturated heterocycles. The van der Waals surface area contributed by atoms with E-state index >= 15 is 0 Å². The molecule has 10 heteroatoms. The Morgan fingerprint density at radius 3 is 2.50 bits per heavy atom. The lowest BCUT2D eigenvalue weighted by Gasteiger charge is -2.08. The van der Waals surface area contributed by atoms with Crippen LogP contribution in [0, 0.1) is 13.8 Å². The Morgan fingerprint density at radius 2 is 1.96 bits per heavy atom. The maximum absolute atomic E-state index is 12.4. The van der Waals surface area contributed by atoms with Crippen LogP contribution in [0.25, 0.3) is 0 Å². The molecule has 0 bridgehead atoms. The number of hydrogen-bond acceptors (Lipinski definition) is 7. The number of nitrogens with one attached hydrogen (secondary N) is 2. The molecule has 0 spiro atoms. The first-order valence-corrected chi connectivity index (χ1v) is 9.47. The average Bonchev–Trinajstić information content (AvgIpc) is 3.08. The van der Waals surface area contributed by atoms with Crippen molar-refractivity contribution in [3.63, 3.8) is 0 Å². The fraction of sp³-hybridized carbons (Fsp3) is 0.375. The highest BCUT2D eigenvalue weighted by Gasteiger charge is 2.26. The third kappa shape index (κ3) is 4.02. The van der Waals surface area contributed by atoms with Crippen molar-refractivity contribution < 1.29 is 19.1 Å². The van der Waals surface area contributed by atoms with Gasteiger partial charge < -0.3 is 15.4 Å². The smallest absolute Gasteiger partial charge is 0.341 e. The van der Waals surface area contributed by atoms with Gasteiger partial charge in [-0.2, -0.15) is 0 Å². The lowest BCUT2D eigenvalue weighted by Crippen LogP contribution is -2.25. The van der Waals surface area contributed by atoms with Gasteiger partial charge in [-0.15, -0.1) is 11.3 Å². The standard InChI is InChI=1S/C16H19N3O5S2/c1-5-24-15(22)11-9(3)12(13(21)17-4)26-14(11)18-10(20)6-19-8(2)7-25-16(19)23/h7H,5-6H2,1-4H3,(H,17,21)(H,18,20). The van der Waals surface area contributed by atoms with E-state index in [-0.39, 0.29) is 34.5 Å². The third-order valence-corrected chi connectivity index (χ3v) is 5.68. The van der Waals surface area contributed by atoms with E-state index in [0.29, 0.717) is 16.1 Å². The van der Waals surface area contributed by atoms with E-state index in [9.17, 15) is 19.2 Å². The number of anilines is 1. The summed E-state index contributed by atoms with van der Waals surface area (Å²) >= 11 is 2.00. The van der Waals surface area contributed by atoms with Crippen molar-refractivity contribution in [2.24, 2.45) is 0 Å². The minimum Gasteiger partial charge on any atom is -0.462 e. The number of amides is 2. The molecule has 2 heterocycles. The Labute approximate surface area is 157 Å². The molecule has 0 aromatic carbocycles. The number of carbonyl (C=O) groups excluding carboxylic acids is 3. The van der Waals surface area contributed by atoms with Crippen LogP contribution in [0.2, 0.25) is 0 Å². The molecular weight excluding hydrogens is 378 g/mol. The van der Waals surface area contributed by atoms with E-state index in [1.807, 2.05) is 0 Å². The van der Waals surface area contributed by atoms with E-state index < -0.39 is 11.9 Å². The summed E-state index contributed by atoms with van der Waals surface area (Å²) in [5.74, 6) is -1.44. The number of carbonyl (C=O) groups is 3. The van der Waals surface area contributed by atoms with Crippen molar-refractivity contribution in [1.82, 2.24) is 9.88 Å². The molecule has 0 radical (unpaired) electrons. The van der Waals surface area contributed by atoms with Gasteiger partial charge in [0.2, 0.25) is 5.91 Å². The molecule has 2 aromatic heterocycles. The predicted octanol–water partition coefficient (Wildman–Crippen LogP) is 1.76. The van der Waals surface area contributed by atoms with Crippen LogP contribution in [0.15, 0.2) is 10.2 Å². The molecule has 140 valence electrons. The van der Waals surface area contributed by atoms with Gasteiger partial charge in [-0.3, -0.25) is 19.0 Å². The first-order valence-electron chi connectivity index (χ1n) is 7.77. The quantitative estimate of drug-likeness (QED) is 0.723. The summed E-state index contributed by atoms with van der Waals surface area (Å²) in [6.07, 6.45) is 0. The van der Waals surface area contributed by atoms with Crippen LogP contribution >= 0.6 is 22.7 Å². The summed E-state index contributed by atoms with van der Waals surface area (Å²) in [6.45, 7) is 5.01. The zero-order valence-electron chi connectivity index (χ0n) is 14.8. The van der Waals surface area contributed by atoms with Gasteiger partial charge >= 0.3 is 10.8 Å². The summed E-state index contributed by atoms with van der Waals surface area (Å²) in [5.41, 5.74) is 1.26. The molecule has 0 aliphatic rings. The Kier molecular flexibility index (Phi) is 6.32. The van der Waals surface area contributed by atoms with E-state index in [1.54, 1.807) is 26.2 Å². The lowest BCUT2D eigenvalue weighted by molar-refractivity contribution is -0.116. The molecule has 26 heavy (non-hydrogen) atoms. The first-order chi connectivity index (χ1) is 12.3. The molecule has 0 atom stereocenters. The largest absolute Gasteiger partial charge is 0.462 e. The molecule has 2 N–H and O–H groups in total. The highest BCUT2D eigenvalue weighted by Crippen LogP contribution is 2.33. The molecule has 2 aromatic rings. The van der Waals surface area contributed by atoms with Crippen molar-refractivity contribution in [3.8, 4) is 0 Å². The van der Waals surface area contributed by atoms with E-state index in [2.05, 4.69) is 10.6 Å². The van der Waals surface area contributed by atoms with Gasteiger partial charge in [0.05, 0.1) is 17.0 Å². The van der Waals surface area contributed by atoms with Gasteiger partial charge in [0, 0.05) is 18.1 Å². The van der Waals surface area contributed by atoms with Crippen LogP contribution in [0.5, 0.6) is 0 Å². The molecule has 0 aliphatic carbocycles. The van der Waals surface area contributed by atoms with E-state index in [1.165, 1.54) is 11.6 Å². The maximum Gasteiger partial charge on any atom is 0.341 e. The van der Waals surface area contributed by atoms with Crippen molar-refractivity contribution in [3.05, 3.63) is 36.7 Å². The number of aromatic nitrogens is 1. The van der Waals surface area contributed by atoms with Crippen molar-refractivity contribution in [2.45, 2.75) is 27.3 Å². The average molecular weight is 397 g/mol. The number of nitrogens with zero attached hydrogens (tertiary/aromatic N) is 1. The molecule has 0 fully saturated rings. The Balaban J connectivity index is 2.35. The van der Waals surface area contributed by atoms with E-state index in [0.717, 1.165) is 22.7 Å². The lowest BCUT2D eigenvalue weighted by atomic mass is 10.1. The number of ether oxygens (including phenoxy) is 1. The van der Waals surface area contributed by atoms with Crippen LogP contribution in [0.3, 0.4) is 0 Å². The number of aryl methyl sites for hydroxylation is 1. The minimum absolute atomic E-state index is 0.151. The van der Waals surface area contributed by atoms with Crippen LogP contribution < -0.4 is 15.5 Å². The van der Waals surface area contributed by atoms with Crippen LogP contribution in [0.4, 0.5) is 5.00 Å². The van der Waals surface area contributed by atoms with Crippen molar-refractivity contribution in [2.75, 3.05) is 19.0 Å². The van der Waals surface area contributed by atoms with Gasteiger partial charge in [-0.1, -0.05) is 11.3 Å².